The first-order valence-corrected chi connectivity index (χ1v) is 11.1. The Morgan fingerprint density at radius 2 is 1.97 bits per heavy atom. The molecule has 156 valence electrons. The van der Waals surface area contributed by atoms with Gasteiger partial charge in [-0.15, -0.1) is 0 Å². The summed E-state index contributed by atoms with van der Waals surface area (Å²) in [5.74, 6) is 1.87. The number of hydrogen-bond acceptors (Lipinski definition) is 3. The summed E-state index contributed by atoms with van der Waals surface area (Å²) in [5, 5.41) is 0.685. The largest absolute Gasteiger partial charge is 0.441 e. The van der Waals surface area contributed by atoms with Gasteiger partial charge in [-0.25, -0.2) is 4.98 Å². The first kappa shape index (κ1) is 20.7. The maximum atomic E-state index is 13.0. The van der Waals surface area contributed by atoms with E-state index in [2.05, 4.69) is 41.1 Å². The zero-order valence-corrected chi connectivity index (χ0v) is 18.0. The predicted octanol–water partition coefficient (Wildman–Crippen LogP) is 6.11. The molecule has 3 aromatic rings. The summed E-state index contributed by atoms with van der Waals surface area (Å²) in [5.41, 5.74) is 2.25. The fourth-order valence-electron chi connectivity index (χ4n) is 4.48. The van der Waals surface area contributed by atoms with Crippen LogP contribution in [0, 0.1) is 0 Å². The zero-order valence-electron chi connectivity index (χ0n) is 17.3. The third-order valence-electron chi connectivity index (χ3n) is 5.99. The second kappa shape index (κ2) is 9.48. The molecule has 1 fully saturated rings. The van der Waals surface area contributed by atoms with Gasteiger partial charge in [0.25, 0.3) is 0 Å². The summed E-state index contributed by atoms with van der Waals surface area (Å²) in [6.07, 6.45) is 5.81. The number of hydrogen-bond donors (Lipinski definition) is 0. The molecule has 1 aliphatic rings. The molecule has 1 amide bonds. The topological polar surface area (TPSA) is 46.3 Å². The lowest BCUT2D eigenvalue weighted by atomic mass is 9.87. The summed E-state index contributed by atoms with van der Waals surface area (Å²) >= 11 is 5.95. The average Bonchev–Trinajstić information content (AvgIpc) is 3.44. The van der Waals surface area contributed by atoms with E-state index in [4.69, 9.17) is 16.0 Å². The van der Waals surface area contributed by atoms with E-state index >= 15 is 0 Å². The maximum Gasteiger partial charge on any atom is 0.223 e. The number of likely N-dealkylation sites (tertiary alicyclic amines) is 1. The molecule has 30 heavy (non-hydrogen) atoms. The van der Waals surface area contributed by atoms with Gasteiger partial charge in [0.2, 0.25) is 5.91 Å². The molecule has 4 rings (SSSR count). The van der Waals surface area contributed by atoms with Crippen LogP contribution in [-0.2, 0) is 11.2 Å². The van der Waals surface area contributed by atoms with Gasteiger partial charge in [-0.3, -0.25) is 4.79 Å². The molecule has 2 atom stereocenters. The molecule has 1 aliphatic heterocycles. The van der Waals surface area contributed by atoms with Gasteiger partial charge in [0.1, 0.15) is 0 Å². The van der Waals surface area contributed by atoms with Gasteiger partial charge in [-0.05, 0) is 49.1 Å². The van der Waals surface area contributed by atoms with Crippen LogP contribution in [-0.4, -0.2) is 28.4 Å². The van der Waals surface area contributed by atoms with Crippen LogP contribution in [0.1, 0.15) is 50.0 Å². The van der Waals surface area contributed by atoms with E-state index in [0.717, 1.165) is 31.4 Å². The van der Waals surface area contributed by atoms with Gasteiger partial charge < -0.3 is 9.32 Å². The Hall–Kier alpha value is -2.59. The van der Waals surface area contributed by atoms with Crippen LogP contribution in [0.25, 0.3) is 11.3 Å². The van der Waals surface area contributed by atoms with Gasteiger partial charge in [0.05, 0.1) is 6.20 Å². The number of aromatic nitrogens is 1. The minimum atomic E-state index is 0.193. The number of oxazole rings is 1. The highest BCUT2D eigenvalue weighted by molar-refractivity contribution is 6.30. The Morgan fingerprint density at radius 1 is 1.20 bits per heavy atom. The summed E-state index contributed by atoms with van der Waals surface area (Å²) in [6, 6.07) is 18.3. The molecule has 0 N–H and O–H groups in total. The number of nitrogens with zero attached hydrogens (tertiary/aromatic N) is 2. The van der Waals surface area contributed by atoms with E-state index in [0.29, 0.717) is 35.4 Å². The molecule has 0 aliphatic carbocycles. The molecule has 5 heteroatoms. The fourth-order valence-corrected chi connectivity index (χ4v) is 4.61. The summed E-state index contributed by atoms with van der Waals surface area (Å²) in [7, 11) is 0. The SMILES string of the molecule is CC[C@@H](c1ccccc1)[C@H]1CCCN1C(=O)CCc1ncc(-c2ccc(Cl)cc2)o1. The van der Waals surface area contributed by atoms with Crippen molar-refractivity contribution < 1.29 is 9.21 Å². The van der Waals surface area contributed by atoms with Gasteiger partial charge in [0, 0.05) is 41.9 Å². The number of rotatable bonds is 7. The quantitative estimate of drug-likeness (QED) is 0.461. The molecule has 1 aromatic heterocycles. The van der Waals surface area contributed by atoms with Crippen molar-refractivity contribution in [2.45, 2.75) is 51.0 Å². The van der Waals surface area contributed by atoms with E-state index < -0.39 is 0 Å². The van der Waals surface area contributed by atoms with Crippen LogP contribution in [0.2, 0.25) is 5.02 Å². The van der Waals surface area contributed by atoms with Crippen LogP contribution in [0.4, 0.5) is 0 Å². The molecular formula is C25H27ClN2O2. The number of aryl methyl sites for hydroxylation is 1. The monoisotopic (exact) mass is 422 g/mol. The van der Waals surface area contributed by atoms with Crippen molar-refractivity contribution in [3.8, 4) is 11.3 Å². The minimum absolute atomic E-state index is 0.193. The standard InChI is InChI=1S/C25H27ClN2O2/c1-2-21(18-7-4-3-5-8-18)22-9-6-16-28(22)25(29)15-14-24-27-17-23(30-24)19-10-12-20(26)13-11-19/h3-5,7-8,10-13,17,21-22H,2,6,9,14-16H2,1H3/t21-,22+/m0/s1. The number of halogens is 1. The highest BCUT2D eigenvalue weighted by Gasteiger charge is 2.34. The van der Waals surface area contributed by atoms with Crippen LogP contribution in [0.3, 0.4) is 0 Å². The maximum absolute atomic E-state index is 13.0. The van der Waals surface area contributed by atoms with Crippen molar-refractivity contribution in [3.05, 3.63) is 77.3 Å². The second-order valence-corrected chi connectivity index (χ2v) is 8.28. The Labute approximate surface area is 182 Å². The molecule has 0 spiro atoms. The van der Waals surface area contributed by atoms with Crippen molar-refractivity contribution in [1.29, 1.82) is 0 Å². The van der Waals surface area contributed by atoms with Gasteiger partial charge in [0.15, 0.2) is 11.7 Å². The Morgan fingerprint density at radius 3 is 2.70 bits per heavy atom. The van der Waals surface area contributed by atoms with E-state index in [1.165, 1.54) is 5.56 Å². The normalized spacial score (nSPS) is 17.3. The van der Waals surface area contributed by atoms with Crippen molar-refractivity contribution in [2.75, 3.05) is 6.54 Å². The molecule has 2 aromatic carbocycles. The lowest BCUT2D eigenvalue weighted by Gasteiger charge is -2.31. The van der Waals surface area contributed by atoms with Crippen LogP contribution < -0.4 is 0 Å². The number of benzene rings is 2. The third-order valence-corrected chi connectivity index (χ3v) is 6.24. The minimum Gasteiger partial charge on any atom is -0.441 e. The van der Waals surface area contributed by atoms with Crippen molar-refractivity contribution in [1.82, 2.24) is 9.88 Å². The fraction of sp³-hybridized carbons (Fsp3) is 0.360. The van der Waals surface area contributed by atoms with Gasteiger partial charge in [-0.2, -0.15) is 0 Å². The van der Waals surface area contributed by atoms with Crippen LogP contribution >= 0.6 is 11.6 Å². The van der Waals surface area contributed by atoms with E-state index in [1.807, 2.05) is 30.3 Å². The zero-order chi connectivity index (χ0) is 20.9. The Balaban J connectivity index is 1.39. The lowest BCUT2D eigenvalue weighted by Crippen LogP contribution is -2.39. The number of carbonyl (C=O) groups excluding carboxylic acids is 1. The molecule has 0 radical (unpaired) electrons. The van der Waals surface area contributed by atoms with Gasteiger partial charge in [-0.1, -0.05) is 48.9 Å². The average molecular weight is 423 g/mol. The highest BCUT2D eigenvalue weighted by Crippen LogP contribution is 2.34. The molecule has 2 heterocycles. The summed E-state index contributed by atoms with van der Waals surface area (Å²) in [6.45, 7) is 3.05. The Bertz CT molecular complexity index is 968. The Kier molecular flexibility index (Phi) is 6.53. The summed E-state index contributed by atoms with van der Waals surface area (Å²) < 4.78 is 5.86. The second-order valence-electron chi connectivity index (χ2n) is 7.85. The van der Waals surface area contributed by atoms with Crippen LogP contribution in [0.15, 0.2) is 65.2 Å². The third kappa shape index (κ3) is 4.59. The van der Waals surface area contributed by atoms with E-state index in [1.54, 1.807) is 6.20 Å². The molecule has 0 bridgehead atoms. The van der Waals surface area contributed by atoms with Crippen molar-refractivity contribution in [3.63, 3.8) is 0 Å². The molecule has 1 saturated heterocycles. The van der Waals surface area contributed by atoms with Crippen molar-refractivity contribution in [2.24, 2.45) is 0 Å². The first-order valence-electron chi connectivity index (χ1n) is 10.7. The number of carbonyl (C=O) groups is 1. The lowest BCUT2D eigenvalue weighted by molar-refractivity contribution is -0.132. The number of amides is 1. The first-order chi connectivity index (χ1) is 14.7. The van der Waals surface area contributed by atoms with E-state index in [-0.39, 0.29) is 11.9 Å². The summed E-state index contributed by atoms with van der Waals surface area (Å²) in [4.78, 5) is 19.5. The van der Waals surface area contributed by atoms with Crippen LogP contribution in [0.5, 0.6) is 0 Å². The molecular weight excluding hydrogens is 396 g/mol. The van der Waals surface area contributed by atoms with Crippen molar-refractivity contribution >= 4 is 17.5 Å². The molecule has 0 saturated carbocycles. The predicted molar refractivity (Wildman–Crippen MR) is 119 cm³/mol. The van der Waals surface area contributed by atoms with Gasteiger partial charge >= 0.3 is 0 Å². The molecule has 0 unspecified atom stereocenters. The molecule has 4 nitrogen and oxygen atoms in total. The smallest absolute Gasteiger partial charge is 0.223 e. The van der Waals surface area contributed by atoms with E-state index in [9.17, 15) is 4.79 Å². The highest BCUT2D eigenvalue weighted by atomic mass is 35.5.